The zero-order valence-corrected chi connectivity index (χ0v) is 22.8. The van der Waals surface area contributed by atoms with Crippen molar-refractivity contribution >= 4 is 72.9 Å². The number of halogens is 2. The van der Waals surface area contributed by atoms with E-state index in [1.807, 2.05) is 31.0 Å². The van der Waals surface area contributed by atoms with Gasteiger partial charge in [-0.15, -0.1) is 11.3 Å². The van der Waals surface area contributed by atoms with Crippen LogP contribution in [0.2, 0.25) is 9.36 Å². The van der Waals surface area contributed by atoms with Gasteiger partial charge in [0.1, 0.15) is 10.5 Å². The van der Waals surface area contributed by atoms with Crippen LogP contribution in [0.3, 0.4) is 0 Å². The Kier molecular flexibility index (Phi) is 8.05. The van der Waals surface area contributed by atoms with E-state index < -0.39 is 16.1 Å². The second-order valence-electron chi connectivity index (χ2n) is 8.17. The number of nitrogens with zero attached hydrogens (tertiary/aromatic N) is 3. The first-order chi connectivity index (χ1) is 17.5. The molecule has 0 aliphatic rings. The molecule has 0 fully saturated rings. The molecule has 10 nitrogen and oxygen atoms in total. The molecule has 0 radical (unpaired) electrons. The summed E-state index contributed by atoms with van der Waals surface area (Å²) in [6, 6.07) is 11.5. The number of fused-ring (bicyclic) bond motifs is 1. The molecule has 0 saturated heterocycles. The number of hydrogen-bond donors (Lipinski definition) is 3. The summed E-state index contributed by atoms with van der Waals surface area (Å²) in [4.78, 5) is 31.9. The molecule has 2 amide bonds. The van der Waals surface area contributed by atoms with Crippen LogP contribution < -0.4 is 20.9 Å². The number of benzene rings is 2. The molecule has 4 aromatic rings. The zero-order chi connectivity index (χ0) is 26.7. The summed E-state index contributed by atoms with van der Waals surface area (Å²) in [6.45, 7) is 1.61. The minimum Gasteiger partial charge on any atom is -0.384 e. The van der Waals surface area contributed by atoms with Crippen molar-refractivity contribution in [1.82, 2.24) is 19.2 Å². The number of carbonyl (C=O) groups excluding carboxylic acids is 1. The van der Waals surface area contributed by atoms with Crippen LogP contribution in [0.5, 0.6) is 0 Å². The molecule has 37 heavy (non-hydrogen) atoms. The fourth-order valence-corrected chi connectivity index (χ4v) is 6.04. The fraction of sp³-hybridized carbons (Fsp3) is 0.174. The Hall–Kier alpha value is -3.16. The number of carbonyl (C=O) groups is 1. The maximum Gasteiger partial charge on any atom is 0.333 e. The predicted molar refractivity (Wildman–Crippen MR) is 148 cm³/mol. The Morgan fingerprint density at radius 1 is 1.08 bits per heavy atom. The van der Waals surface area contributed by atoms with Crippen molar-refractivity contribution in [1.29, 1.82) is 0 Å². The largest absolute Gasteiger partial charge is 0.384 e. The standard InChI is InChI=1S/C23H22Cl2N6O4S2/c1-30(2)10-9-26-14-3-5-16-18(12-14)27-13-31(22(16)32)19-6-4-15(11-17(19)24)28-23(33)29-37(34,35)21-8-7-20(25)36-21/h3-8,11-13,26H,9-10H2,1-2H3,(H2,28,29,33). The van der Waals surface area contributed by atoms with Crippen LogP contribution in [0.25, 0.3) is 16.6 Å². The van der Waals surface area contributed by atoms with Gasteiger partial charge in [-0.2, -0.15) is 0 Å². The van der Waals surface area contributed by atoms with Crippen LogP contribution in [0.1, 0.15) is 0 Å². The molecule has 2 heterocycles. The van der Waals surface area contributed by atoms with Gasteiger partial charge in [0.05, 0.1) is 25.9 Å². The number of sulfonamides is 1. The number of amides is 2. The molecule has 3 N–H and O–H groups in total. The van der Waals surface area contributed by atoms with Gasteiger partial charge in [0.2, 0.25) is 0 Å². The topological polar surface area (TPSA) is 125 Å². The molecule has 14 heteroatoms. The van der Waals surface area contributed by atoms with E-state index in [1.54, 1.807) is 6.07 Å². The van der Waals surface area contributed by atoms with Crippen molar-refractivity contribution in [3.63, 3.8) is 0 Å². The van der Waals surface area contributed by atoms with Crippen molar-refractivity contribution in [2.75, 3.05) is 37.8 Å². The van der Waals surface area contributed by atoms with Gasteiger partial charge in [0.25, 0.3) is 15.6 Å². The highest BCUT2D eigenvalue weighted by atomic mass is 35.5. The third kappa shape index (κ3) is 6.40. The highest BCUT2D eigenvalue weighted by molar-refractivity contribution is 7.92. The third-order valence-corrected chi connectivity index (χ3v) is 8.51. The van der Waals surface area contributed by atoms with E-state index in [1.165, 1.54) is 41.2 Å². The molecule has 0 bridgehead atoms. The molecule has 0 unspecified atom stereocenters. The summed E-state index contributed by atoms with van der Waals surface area (Å²) in [5, 5.41) is 6.27. The minimum atomic E-state index is -4.08. The number of aromatic nitrogens is 2. The minimum absolute atomic E-state index is 0.0966. The van der Waals surface area contributed by atoms with E-state index in [9.17, 15) is 18.0 Å². The first-order valence-corrected chi connectivity index (χ1v) is 13.9. The van der Waals surface area contributed by atoms with Crippen LogP contribution in [0.4, 0.5) is 16.2 Å². The van der Waals surface area contributed by atoms with Gasteiger partial charge in [0.15, 0.2) is 0 Å². The lowest BCUT2D eigenvalue weighted by atomic mass is 10.2. The summed E-state index contributed by atoms with van der Waals surface area (Å²) in [7, 11) is -0.104. The Bertz CT molecular complexity index is 1640. The number of rotatable bonds is 8. The van der Waals surface area contributed by atoms with Gasteiger partial charge in [-0.3, -0.25) is 9.36 Å². The van der Waals surface area contributed by atoms with E-state index in [4.69, 9.17) is 23.2 Å². The van der Waals surface area contributed by atoms with Crippen LogP contribution >= 0.6 is 34.5 Å². The van der Waals surface area contributed by atoms with E-state index in [-0.39, 0.29) is 24.8 Å². The van der Waals surface area contributed by atoms with Crippen LogP contribution in [0, 0.1) is 0 Å². The van der Waals surface area contributed by atoms with Crippen molar-refractivity contribution in [3.05, 3.63) is 74.6 Å². The summed E-state index contributed by atoms with van der Waals surface area (Å²) in [6.07, 6.45) is 1.38. The average molecular weight is 582 g/mol. The molecule has 0 aliphatic carbocycles. The molecule has 0 atom stereocenters. The van der Waals surface area contributed by atoms with Gasteiger partial charge in [0, 0.05) is 24.5 Å². The number of likely N-dealkylation sites (N-methyl/N-ethyl adjacent to an activating group) is 1. The summed E-state index contributed by atoms with van der Waals surface area (Å²) < 4.78 is 28.0. The number of anilines is 2. The van der Waals surface area contributed by atoms with Crippen molar-refractivity contribution < 1.29 is 13.2 Å². The second-order valence-corrected chi connectivity index (χ2v) is 12.2. The lowest BCUT2D eigenvalue weighted by Crippen LogP contribution is -2.33. The molecule has 194 valence electrons. The third-order valence-electron chi connectivity index (χ3n) is 5.15. The van der Waals surface area contributed by atoms with E-state index in [2.05, 4.69) is 20.5 Å². The molecule has 4 rings (SSSR count). The van der Waals surface area contributed by atoms with Crippen LogP contribution in [-0.4, -0.2) is 56.1 Å². The maximum atomic E-state index is 13.1. The van der Waals surface area contributed by atoms with Crippen LogP contribution in [-0.2, 0) is 10.0 Å². The average Bonchev–Trinajstić information content (AvgIpc) is 3.27. The quantitative estimate of drug-likeness (QED) is 0.284. The lowest BCUT2D eigenvalue weighted by Gasteiger charge is -2.13. The zero-order valence-electron chi connectivity index (χ0n) is 19.7. The van der Waals surface area contributed by atoms with Gasteiger partial charge in [-0.1, -0.05) is 23.2 Å². The van der Waals surface area contributed by atoms with Crippen molar-refractivity contribution in [2.24, 2.45) is 0 Å². The van der Waals surface area contributed by atoms with E-state index in [0.717, 1.165) is 30.1 Å². The van der Waals surface area contributed by atoms with E-state index in [0.29, 0.717) is 16.6 Å². The second kappa shape index (κ2) is 11.1. The highest BCUT2D eigenvalue weighted by Crippen LogP contribution is 2.26. The number of urea groups is 1. The Morgan fingerprint density at radius 3 is 2.51 bits per heavy atom. The van der Waals surface area contributed by atoms with Crippen molar-refractivity contribution in [3.8, 4) is 5.69 Å². The number of hydrogen-bond acceptors (Lipinski definition) is 8. The monoisotopic (exact) mass is 580 g/mol. The van der Waals surface area contributed by atoms with Gasteiger partial charge in [-0.05, 0) is 62.6 Å². The molecular formula is C23H22Cl2N6O4S2. The molecular weight excluding hydrogens is 559 g/mol. The van der Waals surface area contributed by atoms with E-state index >= 15 is 0 Å². The van der Waals surface area contributed by atoms with Crippen LogP contribution in [0.15, 0.2) is 63.9 Å². The maximum absolute atomic E-state index is 13.1. The molecule has 0 saturated carbocycles. The van der Waals surface area contributed by atoms with Gasteiger partial charge < -0.3 is 15.5 Å². The number of nitrogens with one attached hydrogen (secondary N) is 3. The summed E-state index contributed by atoms with van der Waals surface area (Å²) >= 11 is 13.0. The first kappa shape index (κ1) is 26.9. The summed E-state index contributed by atoms with van der Waals surface area (Å²) in [5.41, 5.74) is 1.65. The Balaban J connectivity index is 1.51. The molecule has 0 aliphatic heterocycles. The Labute approximate surface area is 226 Å². The number of thiophene rings is 1. The molecule has 0 spiro atoms. The van der Waals surface area contributed by atoms with Crippen molar-refractivity contribution in [2.45, 2.75) is 4.21 Å². The first-order valence-electron chi connectivity index (χ1n) is 10.8. The lowest BCUT2D eigenvalue weighted by molar-refractivity contribution is 0.256. The molecule has 2 aromatic heterocycles. The smallest absolute Gasteiger partial charge is 0.333 e. The molecule has 2 aromatic carbocycles. The normalized spacial score (nSPS) is 11.6. The highest BCUT2D eigenvalue weighted by Gasteiger charge is 2.20. The van der Waals surface area contributed by atoms with Gasteiger partial charge in [-0.25, -0.2) is 22.9 Å². The SMILES string of the molecule is CN(C)CCNc1ccc2c(=O)n(-c3ccc(NC(=O)NS(=O)(=O)c4ccc(Cl)s4)cc3Cl)cnc2c1. The Morgan fingerprint density at radius 2 is 1.84 bits per heavy atom. The summed E-state index contributed by atoms with van der Waals surface area (Å²) in [5.74, 6) is 0. The predicted octanol–water partition coefficient (Wildman–Crippen LogP) is 4.24. The van der Waals surface area contributed by atoms with Gasteiger partial charge >= 0.3 is 6.03 Å². The fourth-order valence-electron chi connectivity index (χ4n) is 3.38.